The van der Waals surface area contributed by atoms with E-state index >= 15 is 0 Å². The van der Waals surface area contributed by atoms with Gasteiger partial charge in [-0.2, -0.15) is 0 Å². The van der Waals surface area contributed by atoms with Crippen LogP contribution in [0.1, 0.15) is 37.0 Å². The van der Waals surface area contributed by atoms with Crippen molar-refractivity contribution in [1.82, 2.24) is 0 Å². The lowest BCUT2D eigenvalue weighted by Gasteiger charge is -2.05. The number of anilines is 1. The second kappa shape index (κ2) is 8.75. The van der Waals surface area contributed by atoms with Crippen molar-refractivity contribution in [3.8, 4) is 5.75 Å². The molecule has 106 valence electrons. The Bertz CT molecular complexity index is 522. The van der Waals surface area contributed by atoms with Crippen molar-refractivity contribution in [3.05, 3.63) is 60.2 Å². The Kier molecular flexibility index (Phi) is 6.90. The summed E-state index contributed by atoms with van der Waals surface area (Å²) in [6, 6.07) is 15.6. The lowest BCUT2D eigenvalue weighted by Crippen LogP contribution is -2.11. The maximum absolute atomic E-state index is 11.8. The van der Waals surface area contributed by atoms with Crippen LogP contribution >= 0.6 is 0 Å². The zero-order chi connectivity index (χ0) is 14.8. The number of carbonyl (C=O) groups is 1. The second-order valence-corrected chi connectivity index (χ2v) is 4.34. The van der Waals surface area contributed by atoms with E-state index in [0.717, 1.165) is 0 Å². The van der Waals surface area contributed by atoms with Gasteiger partial charge in [-0.3, -0.25) is 4.79 Å². The summed E-state index contributed by atoms with van der Waals surface area (Å²) >= 11 is 0. The molecule has 0 aliphatic carbocycles. The third-order valence-electron chi connectivity index (χ3n) is 2.68. The zero-order valence-corrected chi connectivity index (χ0v) is 12.0. The number of phenolic OH excluding ortho intramolecular Hbond substituents is 1. The molecule has 0 aliphatic rings. The highest BCUT2D eigenvalue weighted by molar-refractivity contribution is 6.06. The van der Waals surface area contributed by atoms with Crippen molar-refractivity contribution < 1.29 is 9.90 Å². The molecule has 1 amide bonds. The summed E-state index contributed by atoms with van der Waals surface area (Å²) < 4.78 is 0. The largest absolute Gasteiger partial charge is 0.507 e. The Labute approximate surface area is 120 Å². The second-order valence-electron chi connectivity index (χ2n) is 4.34. The number of aromatic hydroxyl groups is 1. The third-order valence-corrected chi connectivity index (χ3v) is 2.68. The van der Waals surface area contributed by atoms with Gasteiger partial charge in [0.1, 0.15) is 5.75 Å². The van der Waals surface area contributed by atoms with Crippen molar-refractivity contribution in [3.63, 3.8) is 0 Å². The SMILES string of the molecule is CCCC.O=C(Nc1ccccc1)c1ccccc1O. The van der Waals surface area contributed by atoms with Gasteiger partial charge in [-0.05, 0) is 24.3 Å². The molecule has 0 spiro atoms. The van der Waals surface area contributed by atoms with E-state index in [1.807, 2.05) is 18.2 Å². The van der Waals surface area contributed by atoms with E-state index in [-0.39, 0.29) is 17.2 Å². The highest BCUT2D eigenvalue weighted by Crippen LogP contribution is 2.17. The molecule has 20 heavy (non-hydrogen) atoms. The summed E-state index contributed by atoms with van der Waals surface area (Å²) in [5.41, 5.74) is 0.974. The quantitative estimate of drug-likeness (QED) is 0.866. The predicted molar refractivity (Wildman–Crippen MR) is 83.1 cm³/mol. The fraction of sp³-hybridized carbons (Fsp3) is 0.235. The van der Waals surface area contributed by atoms with E-state index in [4.69, 9.17) is 0 Å². The van der Waals surface area contributed by atoms with Gasteiger partial charge in [-0.1, -0.05) is 57.0 Å². The summed E-state index contributed by atoms with van der Waals surface area (Å²) in [5.74, 6) is -0.333. The fourth-order valence-corrected chi connectivity index (χ4v) is 1.39. The molecule has 2 aromatic carbocycles. The molecule has 0 fully saturated rings. The minimum absolute atomic E-state index is 0.0177. The van der Waals surface area contributed by atoms with Crippen molar-refractivity contribution in [1.29, 1.82) is 0 Å². The smallest absolute Gasteiger partial charge is 0.259 e. The molecule has 0 unspecified atom stereocenters. The molecule has 0 saturated carbocycles. The van der Waals surface area contributed by atoms with Crippen molar-refractivity contribution in [2.45, 2.75) is 26.7 Å². The minimum Gasteiger partial charge on any atom is -0.507 e. The van der Waals surface area contributed by atoms with Crippen LogP contribution < -0.4 is 5.32 Å². The number of para-hydroxylation sites is 2. The molecule has 0 aromatic heterocycles. The van der Waals surface area contributed by atoms with Crippen LogP contribution in [-0.4, -0.2) is 11.0 Å². The molecule has 2 aromatic rings. The molecule has 2 N–H and O–H groups in total. The van der Waals surface area contributed by atoms with Gasteiger partial charge in [0, 0.05) is 5.69 Å². The Hall–Kier alpha value is -2.29. The van der Waals surface area contributed by atoms with Gasteiger partial charge in [0.05, 0.1) is 5.56 Å². The Morgan fingerprint density at radius 3 is 2.05 bits per heavy atom. The van der Waals surface area contributed by atoms with E-state index in [0.29, 0.717) is 5.69 Å². The molecule has 0 radical (unpaired) electrons. The molecular formula is C17H21NO2. The van der Waals surface area contributed by atoms with Gasteiger partial charge >= 0.3 is 0 Å². The number of phenols is 1. The van der Waals surface area contributed by atoms with Gasteiger partial charge in [-0.25, -0.2) is 0 Å². The third kappa shape index (κ3) is 5.14. The summed E-state index contributed by atoms with van der Waals surface area (Å²) in [6.07, 6.45) is 2.64. The van der Waals surface area contributed by atoms with Crippen LogP contribution in [0, 0.1) is 0 Å². The van der Waals surface area contributed by atoms with Gasteiger partial charge in [0.25, 0.3) is 5.91 Å². The zero-order valence-electron chi connectivity index (χ0n) is 12.0. The molecule has 0 heterocycles. The maximum Gasteiger partial charge on any atom is 0.259 e. The normalized spacial score (nSPS) is 9.30. The lowest BCUT2D eigenvalue weighted by molar-refractivity contribution is 0.102. The molecule has 3 heteroatoms. The number of unbranched alkanes of at least 4 members (excludes halogenated alkanes) is 1. The summed E-state index contributed by atoms with van der Waals surface area (Å²) in [7, 11) is 0. The molecule has 2 rings (SSSR count). The van der Waals surface area contributed by atoms with E-state index in [1.54, 1.807) is 30.3 Å². The van der Waals surface area contributed by atoms with Crippen LogP contribution in [0.25, 0.3) is 0 Å². The van der Waals surface area contributed by atoms with E-state index in [9.17, 15) is 9.90 Å². The fourth-order valence-electron chi connectivity index (χ4n) is 1.39. The van der Waals surface area contributed by atoms with Crippen LogP contribution in [0.4, 0.5) is 5.69 Å². The van der Waals surface area contributed by atoms with Crippen molar-refractivity contribution in [2.75, 3.05) is 5.32 Å². The Morgan fingerprint density at radius 1 is 0.950 bits per heavy atom. The van der Waals surface area contributed by atoms with Crippen molar-refractivity contribution in [2.24, 2.45) is 0 Å². The maximum atomic E-state index is 11.8. The first kappa shape index (κ1) is 15.8. The highest BCUT2D eigenvalue weighted by Gasteiger charge is 2.09. The number of hydrogen-bond acceptors (Lipinski definition) is 2. The van der Waals surface area contributed by atoms with Crippen LogP contribution in [0.15, 0.2) is 54.6 Å². The molecule has 0 atom stereocenters. The molecule has 3 nitrogen and oxygen atoms in total. The van der Waals surface area contributed by atoms with Crippen LogP contribution in [0.2, 0.25) is 0 Å². The number of benzene rings is 2. The van der Waals surface area contributed by atoms with Crippen LogP contribution in [0.5, 0.6) is 5.75 Å². The van der Waals surface area contributed by atoms with Gasteiger partial charge in [-0.15, -0.1) is 0 Å². The Balaban J connectivity index is 0.000000444. The number of nitrogens with one attached hydrogen (secondary N) is 1. The molecule has 0 aliphatic heterocycles. The van der Waals surface area contributed by atoms with Gasteiger partial charge < -0.3 is 10.4 Å². The molecule has 0 bridgehead atoms. The number of hydrogen-bond donors (Lipinski definition) is 2. The summed E-state index contributed by atoms with van der Waals surface area (Å²) in [4.78, 5) is 11.8. The predicted octanol–water partition coefficient (Wildman–Crippen LogP) is 4.45. The van der Waals surface area contributed by atoms with Crippen LogP contribution in [0.3, 0.4) is 0 Å². The number of rotatable bonds is 3. The average molecular weight is 271 g/mol. The highest BCUT2D eigenvalue weighted by atomic mass is 16.3. The van der Waals surface area contributed by atoms with Gasteiger partial charge in [0.2, 0.25) is 0 Å². The topological polar surface area (TPSA) is 49.3 Å². The van der Waals surface area contributed by atoms with Crippen LogP contribution in [-0.2, 0) is 0 Å². The first-order valence-electron chi connectivity index (χ1n) is 6.83. The molecular weight excluding hydrogens is 250 g/mol. The van der Waals surface area contributed by atoms with E-state index in [1.165, 1.54) is 18.9 Å². The monoisotopic (exact) mass is 271 g/mol. The summed E-state index contributed by atoms with van der Waals surface area (Å²) in [5, 5.41) is 12.2. The first-order valence-corrected chi connectivity index (χ1v) is 6.83. The van der Waals surface area contributed by atoms with Gasteiger partial charge in [0.15, 0.2) is 0 Å². The number of carbonyl (C=O) groups excluding carboxylic acids is 1. The lowest BCUT2D eigenvalue weighted by atomic mass is 10.2. The summed E-state index contributed by atoms with van der Waals surface area (Å²) in [6.45, 7) is 4.36. The standard InChI is InChI=1S/C13H11NO2.C4H10/c15-12-9-5-4-8-11(12)13(16)14-10-6-2-1-3-7-10;1-3-4-2/h1-9,15H,(H,14,16);3-4H2,1-2H3. The number of amides is 1. The Morgan fingerprint density at radius 2 is 1.50 bits per heavy atom. The van der Waals surface area contributed by atoms with Crippen molar-refractivity contribution >= 4 is 11.6 Å². The molecule has 0 saturated heterocycles. The van der Waals surface area contributed by atoms with E-state index in [2.05, 4.69) is 19.2 Å². The first-order chi connectivity index (χ1) is 9.69. The average Bonchev–Trinajstić information content (AvgIpc) is 2.49. The van der Waals surface area contributed by atoms with E-state index < -0.39 is 0 Å². The minimum atomic E-state index is -0.315.